The Balaban J connectivity index is 1.79. The monoisotopic (exact) mass is 278 g/mol. The van der Waals surface area contributed by atoms with Gasteiger partial charge in [-0.15, -0.1) is 0 Å². The first-order valence-corrected chi connectivity index (χ1v) is 9.75. The third kappa shape index (κ3) is 5.78. The first-order chi connectivity index (χ1) is 9.75. The van der Waals surface area contributed by atoms with E-state index in [4.69, 9.17) is 0 Å². The zero-order chi connectivity index (χ0) is 14.2. The van der Waals surface area contributed by atoms with Crippen LogP contribution in [0, 0.1) is 23.7 Å². The molecule has 20 heavy (non-hydrogen) atoms. The quantitative estimate of drug-likeness (QED) is 0.511. The fourth-order valence-corrected chi connectivity index (χ4v) is 4.38. The van der Waals surface area contributed by atoms with E-state index >= 15 is 0 Å². The Morgan fingerprint density at radius 1 is 0.600 bits per heavy atom. The van der Waals surface area contributed by atoms with E-state index in [0.29, 0.717) is 0 Å². The Morgan fingerprint density at radius 3 is 1.80 bits per heavy atom. The molecule has 0 N–H and O–H groups in total. The van der Waals surface area contributed by atoms with E-state index in [1.165, 1.54) is 70.6 Å². The van der Waals surface area contributed by atoms with Crippen molar-refractivity contribution in [2.75, 3.05) is 0 Å². The molecule has 2 rings (SSSR count). The molecule has 0 bridgehead atoms. The lowest BCUT2D eigenvalue weighted by Gasteiger charge is -2.33. The first kappa shape index (κ1) is 16.4. The van der Waals surface area contributed by atoms with Crippen molar-refractivity contribution >= 4 is 0 Å². The fourth-order valence-electron chi connectivity index (χ4n) is 4.38. The molecule has 0 spiro atoms. The van der Waals surface area contributed by atoms with Crippen molar-refractivity contribution in [1.82, 2.24) is 0 Å². The topological polar surface area (TPSA) is 0 Å². The summed E-state index contributed by atoms with van der Waals surface area (Å²) in [5, 5.41) is 0. The van der Waals surface area contributed by atoms with Crippen molar-refractivity contribution in [3.63, 3.8) is 0 Å². The lowest BCUT2D eigenvalue weighted by atomic mass is 9.73. The second-order valence-electron chi connectivity index (χ2n) is 8.15. The Labute approximate surface area is 128 Å². The van der Waals surface area contributed by atoms with Gasteiger partial charge in [-0.05, 0) is 30.1 Å². The largest absolute Gasteiger partial charge is 0.0625 e. The molecule has 0 amide bonds. The minimum atomic E-state index is 0.985. The van der Waals surface area contributed by atoms with Gasteiger partial charge in [-0.3, -0.25) is 0 Å². The van der Waals surface area contributed by atoms with Crippen LogP contribution in [0.15, 0.2) is 0 Å². The summed E-state index contributed by atoms with van der Waals surface area (Å²) in [4.78, 5) is 0. The zero-order valence-corrected chi connectivity index (χ0v) is 14.2. The summed E-state index contributed by atoms with van der Waals surface area (Å²) in [6.07, 6.45) is 21.2. The maximum atomic E-state index is 2.56. The van der Waals surface area contributed by atoms with Gasteiger partial charge >= 0.3 is 0 Å². The van der Waals surface area contributed by atoms with Crippen LogP contribution in [0.1, 0.15) is 104 Å². The van der Waals surface area contributed by atoms with E-state index < -0.39 is 0 Å². The average Bonchev–Trinajstić information content (AvgIpc) is 2.39. The standard InChI is InChI=1S/C20H38/c1-17-10-5-3-7-12-18(2)20(15-8-4-6-11-17)16-19-13-9-14-19/h17-20H,3-16H2,1-2H3. The smallest absolute Gasteiger partial charge is 0.0386 e. The highest BCUT2D eigenvalue weighted by Gasteiger charge is 2.25. The molecule has 2 saturated carbocycles. The van der Waals surface area contributed by atoms with Crippen molar-refractivity contribution in [2.45, 2.75) is 104 Å². The SMILES string of the molecule is CC1CCCCCC(C)C(CC2CCC2)CCCCC1. The molecule has 2 aliphatic rings. The van der Waals surface area contributed by atoms with Crippen molar-refractivity contribution < 1.29 is 0 Å². The second-order valence-corrected chi connectivity index (χ2v) is 8.15. The lowest BCUT2D eigenvalue weighted by molar-refractivity contribution is 0.190. The van der Waals surface area contributed by atoms with Gasteiger partial charge in [-0.25, -0.2) is 0 Å². The van der Waals surface area contributed by atoms with E-state index in [1.807, 2.05) is 0 Å². The van der Waals surface area contributed by atoms with Crippen molar-refractivity contribution in [3.05, 3.63) is 0 Å². The van der Waals surface area contributed by atoms with Gasteiger partial charge in [0.05, 0.1) is 0 Å². The van der Waals surface area contributed by atoms with Crippen molar-refractivity contribution in [3.8, 4) is 0 Å². The molecule has 0 aromatic heterocycles. The van der Waals surface area contributed by atoms with Gasteiger partial charge in [-0.1, -0.05) is 97.3 Å². The number of hydrogen-bond donors (Lipinski definition) is 0. The third-order valence-corrected chi connectivity index (χ3v) is 6.29. The van der Waals surface area contributed by atoms with Crippen LogP contribution < -0.4 is 0 Å². The Bertz CT molecular complexity index is 240. The van der Waals surface area contributed by atoms with Crippen LogP contribution in [0.3, 0.4) is 0 Å². The molecular formula is C20H38. The Kier molecular flexibility index (Phi) is 7.45. The van der Waals surface area contributed by atoms with Gasteiger partial charge < -0.3 is 0 Å². The van der Waals surface area contributed by atoms with E-state index in [0.717, 1.165) is 23.7 Å². The maximum absolute atomic E-state index is 2.56. The van der Waals surface area contributed by atoms with Gasteiger partial charge in [0, 0.05) is 0 Å². The first-order valence-electron chi connectivity index (χ1n) is 9.75. The molecule has 2 aliphatic carbocycles. The van der Waals surface area contributed by atoms with Crippen LogP contribution in [0.25, 0.3) is 0 Å². The molecule has 0 aromatic carbocycles. The maximum Gasteiger partial charge on any atom is -0.0386 e. The van der Waals surface area contributed by atoms with Crippen LogP contribution in [0.4, 0.5) is 0 Å². The van der Waals surface area contributed by atoms with Crippen LogP contribution in [-0.2, 0) is 0 Å². The summed E-state index contributed by atoms with van der Waals surface area (Å²) in [6, 6.07) is 0. The molecule has 0 aliphatic heterocycles. The molecule has 0 nitrogen and oxygen atoms in total. The highest BCUT2D eigenvalue weighted by Crippen LogP contribution is 2.38. The van der Waals surface area contributed by atoms with E-state index in [2.05, 4.69) is 13.8 Å². The summed E-state index contributed by atoms with van der Waals surface area (Å²) in [5.41, 5.74) is 0. The van der Waals surface area contributed by atoms with Crippen LogP contribution >= 0.6 is 0 Å². The van der Waals surface area contributed by atoms with Crippen LogP contribution in [0.5, 0.6) is 0 Å². The lowest BCUT2D eigenvalue weighted by Crippen LogP contribution is -2.20. The summed E-state index contributed by atoms with van der Waals surface area (Å²) >= 11 is 0. The normalized spacial score (nSPS) is 35.4. The zero-order valence-electron chi connectivity index (χ0n) is 14.2. The molecule has 0 aromatic rings. The van der Waals surface area contributed by atoms with Gasteiger partial charge in [-0.2, -0.15) is 0 Å². The number of rotatable bonds is 2. The molecule has 3 unspecified atom stereocenters. The Hall–Kier alpha value is 0. The van der Waals surface area contributed by atoms with E-state index in [9.17, 15) is 0 Å². The van der Waals surface area contributed by atoms with Crippen molar-refractivity contribution in [1.29, 1.82) is 0 Å². The van der Waals surface area contributed by atoms with Crippen LogP contribution in [-0.4, -0.2) is 0 Å². The van der Waals surface area contributed by atoms with Gasteiger partial charge in [0.25, 0.3) is 0 Å². The summed E-state index contributed by atoms with van der Waals surface area (Å²) in [5.74, 6) is 4.14. The average molecular weight is 279 g/mol. The van der Waals surface area contributed by atoms with E-state index in [-0.39, 0.29) is 0 Å². The van der Waals surface area contributed by atoms with Crippen LogP contribution in [0.2, 0.25) is 0 Å². The molecule has 3 atom stereocenters. The molecule has 0 heterocycles. The summed E-state index contributed by atoms with van der Waals surface area (Å²) in [7, 11) is 0. The van der Waals surface area contributed by atoms with Gasteiger partial charge in [0.1, 0.15) is 0 Å². The minimum absolute atomic E-state index is 0.985. The molecule has 0 radical (unpaired) electrons. The van der Waals surface area contributed by atoms with Crippen molar-refractivity contribution in [2.24, 2.45) is 23.7 Å². The summed E-state index contributed by atoms with van der Waals surface area (Å²) < 4.78 is 0. The molecule has 118 valence electrons. The molecule has 0 saturated heterocycles. The minimum Gasteiger partial charge on any atom is -0.0625 e. The highest BCUT2D eigenvalue weighted by molar-refractivity contribution is 4.77. The predicted octanol–water partition coefficient (Wildman–Crippen LogP) is 6.98. The molecule has 2 fully saturated rings. The highest BCUT2D eigenvalue weighted by atomic mass is 14.3. The van der Waals surface area contributed by atoms with Gasteiger partial charge in [0.2, 0.25) is 0 Å². The predicted molar refractivity (Wildman–Crippen MR) is 89.9 cm³/mol. The molecular weight excluding hydrogens is 240 g/mol. The fraction of sp³-hybridized carbons (Fsp3) is 1.00. The molecule has 0 heteroatoms. The van der Waals surface area contributed by atoms with E-state index in [1.54, 1.807) is 19.3 Å². The number of hydrogen-bond acceptors (Lipinski definition) is 0. The van der Waals surface area contributed by atoms with Gasteiger partial charge in [0.15, 0.2) is 0 Å². The second kappa shape index (κ2) is 9.11. The Morgan fingerprint density at radius 2 is 1.20 bits per heavy atom. The third-order valence-electron chi connectivity index (χ3n) is 6.29. The summed E-state index contributed by atoms with van der Waals surface area (Å²) in [6.45, 7) is 5.03.